The average molecular weight is 1400 g/mol. The Kier molecular flexibility index (Phi) is 22.4. The van der Waals surface area contributed by atoms with Gasteiger partial charge in [-0.3, -0.25) is 0 Å². The van der Waals surface area contributed by atoms with E-state index in [1.54, 1.807) is 0 Å². The Hall–Kier alpha value is -10.5. The van der Waals surface area contributed by atoms with Gasteiger partial charge in [-0.2, -0.15) is 0 Å². The number of nitrogens with zero attached hydrogens (tertiary/aromatic N) is 20. The molecule has 20 heteroatoms. The van der Waals surface area contributed by atoms with Crippen LogP contribution in [0.4, 0.5) is 97.2 Å². The van der Waals surface area contributed by atoms with Crippen molar-refractivity contribution < 1.29 is 0 Å². The van der Waals surface area contributed by atoms with Gasteiger partial charge in [-0.25, -0.2) is 19.9 Å². The fraction of sp³-hybridized carbons (Fsp3) is 0.405. The van der Waals surface area contributed by atoms with Gasteiger partial charge in [0.05, 0.1) is 111 Å². The third kappa shape index (κ3) is 13.3. The molecule has 17 rings (SSSR count). The molecule has 0 saturated heterocycles. The van der Waals surface area contributed by atoms with E-state index in [-0.39, 0.29) is 28.4 Å². The van der Waals surface area contributed by atoms with E-state index in [0.717, 1.165) is 75.6 Å². The second-order valence-corrected chi connectivity index (χ2v) is 27.9. The molecule has 0 aliphatic carbocycles. The van der Waals surface area contributed by atoms with Crippen molar-refractivity contribution in [1.29, 1.82) is 0 Å². The topological polar surface area (TPSA) is 103 Å². The van der Waals surface area contributed by atoms with Gasteiger partial charge in [0.15, 0.2) is 23.3 Å². The summed E-state index contributed by atoms with van der Waals surface area (Å²) in [6.45, 7) is 25.9. The lowest BCUT2D eigenvalue weighted by Gasteiger charge is -2.33. The molecule has 0 N–H and O–H groups in total. The van der Waals surface area contributed by atoms with Gasteiger partial charge in [-0.15, -0.1) is 0 Å². The van der Waals surface area contributed by atoms with E-state index in [0.29, 0.717) is 43.2 Å². The van der Waals surface area contributed by atoms with Crippen LogP contribution in [0.3, 0.4) is 0 Å². The number of rotatable bonds is 13. The Bertz CT molecular complexity index is 3840. The van der Waals surface area contributed by atoms with Gasteiger partial charge in [0, 0.05) is 132 Å². The maximum absolute atomic E-state index is 4.60. The number of pyridine rings is 4. The number of fused-ring (bicyclic) bond motifs is 8. The van der Waals surface area contributed by atoms with Crippen molar-refractivity contribution in [2.75, 3.05) is 180 Å². The van der Waals surface area contributed by atoms with E-state index in [4.69, 9.17) is 0 Å². The van der Waals surface area contributed by atoms with Gasteiger partial charge in [-0.05, 0) is 165 Å². The van der Waals surface area contributed by atoms with Crippen LogP contribution in [-0.4, -0.2) is 171 Å². The fourth-order valence-corrected chi connectivity index (χ4v) is 16.4. The lowest BCUT2D eigenvalue weighted by molar-refractivity contribution is 0.605. The van der Waals surface area contributed by atoms with Crippen molar-refractivity contribution in [2.45, 2.75) is 127 Å². The SMILES string of the molecule is C.C.C.C[C@@H]1N(C)c2ccccc2N1CCN1c2ccccc2N(C)[C@@H]1C.C[C@@H]1N(C)c2cccnc2N1CCN1c2ncccc2N(C)[C@@H]1C.C[C@@H]1N(C)c2ncccc2N1CCN1c2cccnc2N(C)[C@@H]1C.C[C@H]1N(C)c2ccccc2N1CCN1c2ccccc2N(c2ccccc2)[C@H]1C. The van der Waals surface area contributed by atoms with Gasteiger partial charge in [-0.1, -0.05) is 89.0 Å². The number of hydrogen-bond donors (Lipinski definition) is 0. The number of aromatic nitrogens is 4. The molecule has 8 aliphatic heterocycles. The first-order valence-electron chi connectivity index (χ1n) is 36.2. The van der Waals surface area contributed by atoms with Crippen molar-refractivity contribution in [2.24, 2.45) is 0 Å². The lowest BCUT2D eigenvalue weighted by atomic mass is 10.2. The Balaban J connectivity index is 0.000000138. The predicted octanol–water partition coefficient (Wildman–Crippen LogP) is 15.6. The number of para-hydroxylation sites is 9. The summed E-state index contributed by atoms with van der Waals surface area (Å²) >= 11 is 0. The van der Waals surface area contributed by atoms with Crippen LogP contribution < -0.4 is 78.4 Å². The van der Waals surface area contributed by atoms with Gasteiger partial charge < -0.3 is 78.4 Å². The van der Waals surface area contributed by atoms with Crippen molar-refractivity contribution in [3.05, 3.63) is 201 Å². The molecular formula is C84H114N20. The van der Waals surface area contributed by atoms with Crippen molar-refractivity contribution in [3.63, 3.8) is 0 Å². The molecule has 8 aliphatic rings. The summed E-state index contributed by atoms with van der Waals surface area (Å²) in [6.07, 6.45) is 10.2. The summed E-state index contributed by atoms with van der Waals surface area (Å²) in [4.78, 5) is 56.6. The molecule has 0 fully saturated rings. The maximum Gasteiger partial charge on any atom is 0.153 e. The number of anilines is 17. The molecule has 0 unspecified atom stereocenters. The zero-order chi connectivity index (χ0) is 70.5. The monoisotopic (exact) mass is 1400 g/mol. The molecule has 0 amide bonds. The van der Waals surface area contributed by atoms with Crippen LogP contribution in [0.25, 0.3) is 0 Å². The van der Waals surface area contributed by atoms with Crippen LogP contribution in [0, 0.1) is 0 Å². The predicted molar refractivity (Wildman–Crippen MR) is 445 cm³/mol. The van der Waals surface area contributed by atoms with E-state index < -0.39 is 0 Å². The minimum absolute atomic E-state index is 0. The molecular weight excluding hydrogens is 1290 g/mol. The summed E-state index contributed by atoms with van der Waals surface area (Å²) in [5.41, 5.74) is 16.7. The first-order valence-corrected chi connectivity index (χ1v) is 36.2. The van der Waals surface area contributed by atoms with Crippen LogP contribution in [0.1, 0.15) is 77.7 Å². The van der Waals surface area contributed by atoms with Gasteiger partial charge in [0.25, 0.3) is 0 Å². The third-order valence-corrected chi connectivity index (χ3v) is 23.1. The Morgan fingerprint density at radius 1 is 0.212 bits per heavy atom. The van der Waals surface area contributed by atoms with Crippen LogP contribution in [0.15, 0.2) is 201 Å². The first kappa shape index (κ1) is 74.7. The maximum atomic E-state index is 4.60. The normalized spacial score (nSPS) is 21.0. The van der Waals surface area contributed by atoms with Gasteiger partial charge in [0.2, 0.25) is 0 Å². The van der Waals surface area contributed by atoms with Crippen LogP contribution in [-0.2, 0) is 0 Å². The summed E-state index contributed by atoms with van der Waals surface area (Å²) < 4.78 is 0. The highest BCUT2D eigenvalue weighted by molar-refractivity contribution is 5.85. The molecule has 0 bridgehead atoms. The smallest absolute Gasteiger partial charge is 0.153 e. The zero-order valence-electron chi connectivity index (χ0n) is 61.8. The van der Waals surface area contributed by atoms with Crippen LogP contribution in [0.2, 0.25) is 0 Å². The van der Waals surface area contributed by atoms with Crippen molar-refractivity contribution in [3.8, 4) is 0 Å². The average Bonchev–Trinajstić information content (AvgIpc) is 1.61. The molecule has 20 nitrogen and oxygen atoms in total. The second kappa shape index (κ2) is 31.2. The molecule has 0 saturated carbocycles. The summed E-state index contributed by atoms with van der Waals surface area (Å²) in [5.74, 6) is 4.29. The zero-order valence-corrected chi connectivity index (χ0v) is 61.8. The van der Waals surface area contributed by atoms with Crippen LogP contribution in [0.5, 0.6) is 0 Å². The number of hydrogen-bond acceptors (Lipinski definition) is 20. The Labute approximate surface area is 621 Å². The molecule has 4 aromatic heterocycles. The quantitative estimate of drug-likeness (QED) is 0.109. The molecule has 9 aromatic rings. The van der Waals surface area contributed by atoms with E-state index in [9.17, 15) is 0 Å². The Morgan fingerprint density at radius 2 is 0.433 bits per heavy atom. The summed E-state index contributed by atoms with van der Waals surface area (Å²) in [5, 5.41) is 0. The van der Waals surface area contributed by atoms with Crippen molar-refractivity contribution >= 4 is 97.2 Å². The van der Waals surface area contributed by atoms with E-state index >= 15 is 0 Å². The summed E-state index contributed by atoms with van der Waals surface area (Å²) in [7, 11) is 15.1. The molecule has 104 heavy (non-hydrogen) atoms. The largest absolute Gasteiger partial charge is 0.353 e. The summed E-state index contributed by atoms with van der Waals surface area (Å²) in [6, 6.07) is 62.3. The minimum Gasteiger partial charge on any atom is -0.353 e. The number of benzene rings is 5. The molecule has 0 spiro atoms. The van der Waals surface area contributed by atoms with E-state index in [1.165, 1.54) is 73.9 Å². The molecule has 550 valence electrons. The van der Waals surface area contributed by atoms with E-state index in [1.807, 2.05) is 49.1 Å². The van der Waals surface area contributed by atoms with Gasteiger partial charge >= 0.3 is 0 Å². The minimum atomic E-state index is 0. The van der Waals surface area contributed by atoms with E-state index in [2.05, 4.69) is 355 Å². The van der Waals surface area contributed by atoms with Crippen LogP contribution >= 0.6 is 0 Å². The molecule has 0 radical (unpaired) electrons. The third-order valence-electron chi connectivity index (χ3n) is 23.1. The first-order chi connectivity index (χ1) is 48.9. The molecule has 8 atom stereocenters. The van der Waals surface area contributed by atoms with Gasteiger partial charge in [0.1, 0.15) is 6.17 Å². The molecule has 5 aromatic carbocycles. The highest BCUT2D eigenvalue weighted by atomic mass is 15.5. The lowest BCUT2D eigenvalue weighted by Crippen LogP contribution is -2.46. The highest BCUT2D eigenvalue weighted by Crippen LogP contribution is 2.47. The second-order valence-electron chi connectivity index (χ2n) is 27.9. The fourth-order valence-electron chi connectivity index (χ4n) is 16.4. The highest BCUT2D eigenvalue weighted by Gasteiger charge is 2.40. The molecule has 12 heterocycles. The Morgan fingerprint density at radius 3 is 0.779 bits per heavy atom. The standard InChI is InChI=1S/C25H28N4.C20H26N4.2C18H24N6.3CH4/c1-19-26(3)22-13-7-8-14-23(22)27(19)17-18-28-20(2)29(21-11-5-4-6-12-21)25-16-10-9-15-24(25)28;1-15-21(3)17-9-5-7-11-19(17)23(15)13-14-24-16(2)22(4)18-10-6-8-12-20(18)24;1-13-21(3)17-15(7-5-9-19-17)23(13)11-12-24-14(2)22(4)18-16(24)8-6-10-20-18;1-13-21(3)15-7-5-9-19-17(15)23(13)11-12-24-14(2)22(4)16-8-6-10-20-18(16)24;;;/h4-16,19-20H,17-18H2,1-3H3;5-12,15-16H,13-14H2,1-4H3;2*5-10,13-14H,11-12H2,1-4H3;3*1H4/t19-,20-;15-,16+;2*13-,14+;;;/m0....../s1. The van der Waals surface area contributed by atoms with Crippen molar-refractivity contribution in [1.82, 2.24) is 19.9 Å².